The van der Waals surface area contributed by atoms with Crippen molar-refractivity contribution in [2.24, 2.45) is 0 Å². The van der Waals surface area contributed by atoms with Crippen molar-refractivity contribution < 1.29 is 15.0 Å². The first-order valence-electron chi connectivity index (χ1n) is 6.98. The number of rotatable bonds is 4. The molecule has 0 spiro atoms. The lowest BCUT2D eigenvalue weighted by Gasteiger charge is -2.25. The molecule has 0 fully saturated rings. The van der Waals surface area contributed by atoms with Crippen LogP contribution in [0.3, 0.4) is 0 Å². The fourth-order valence-electron chi connectivity index (χ4n) is 2.10. The Morgan fingerprint density at radius 1 is 0.773 bits per heavy atom. The second-order valence-electron chi connectivity index (χ2n) is 5.05. The van der Waals surface area contributed by atoms with E-state index in [-0.39, 0.29) is 19.2 Å². The number of aliphatic hydroxyl groups excluding tert-OH is 2. The largest absolute Gasteiger partial charge is 0.392 e. The molecule has 2 N–H and O–H groups in total. The molecule has 0 heterocycles. The van der Waals surface area contributed by atoms with Crippen molar-refractivity contribution in [2.75, 3.05) is 23.9 Å². The van der Waals surface area contributed by atoms with Crippen LogP contribution in [0.15, 0.2) is 48.5 Å². The lowest BCUT2D eigenvalue weighted by molar-refractivity contribution is 0.253. The molecule has 0 aromatic heterocycles. The van der Waals surface area contributed by atoms with Gasteiger partial charge in [0, 0.05) is 25.5 Å². The second-order valence-corrected chi connectivity index (χ2v) is 5.05. The zero-order chi connectivity index (χ0) is 16.1. The highest BCUT2D eigenvalue weighted by molar-refractivity contribution is 6.02. The lowest BCUT2D eigenvalue weighted by Crippen LogP contribution is -2.38. The summed E-state index contributed by atoms with van der Waals surface area (Å²) in [4.78, 5) is 15.6. The molecule has 22 heavy (non-hydrogen) atoms. The maximum absolute atomic E-state index is 12.5. The van der Waals surface area contributed by atoms with Gasteiger partial charge in [0.25, 0.3) is 0 Å². The van der Waals surface area contributed by atoms with E-state index in [1.54, 1.807) is 72.4 Å². The van der Waals surface area contributed by atoms with Gasteiger partial charge in [0.1, 0.15) is 0 Å². The molecule has 0 aliphatic carbocycles. The maximum Gasteiger partial charge on any atom is 0.328 e. The summed E-state index contributed by atoms with van der Waals surface area (Å²) in [5.74, 6) is 0. The number of carbonyl (C=O) groups is 1. The normalized spacial score (nSPS) is 10.4. The van der Waals surface area contributed by atoms with E-state index in [0.29, 0.717) is 0 Å². The van der Waals surface area contributed by atoms with Crippen LogP contribution < -0.4 is 9.80 Å². The molecular weight excluding hydrogens is 280 g/mol. The third-order valence-corrected chi connectivity index (χ3v) is 3.59. The molecule has 5 nitrogen and oxygen atoms in total. The molecule has 0 radical (unpaired) electrons. The summed E-state index contributed by atoms with van der Waals surface area (Å²) >= 11 is 0. The third-order valence-electron chi connectivity index (χ3n) is 3.59. The SMILES string of the molecule is CN(C(=O)N(C)c1ccc(CO)cc1)c1ccc(CO)cc1. The fourth-order valence-corrected chi connectivity index (χ4v) is 2.10. The quantitative estimate of drug-likeness (QED) is 0.911. The van der Waals surface area contributed by atoms with Crippen molar-refractivity contribution in [3.05, 3.63) is 59.7 Å². The molecular formula is C17H20N2O3. The lowest BCUT2D eigenvalue weighted by atomic mass is 10.2. The predicted molar refractivity (Wildman–Crippen MR) is 86.9 cm³/mol. The molecule has 116 valence electrons. The molecule has 2 aromatic carbocycles. The Morgan fingerprint density at radius 3 is 1.36 bits per heavy atom. The summed E-state index contributed by atoms with van der Waals surface area (Å²) in [5, 5.41) is 18.1. The number of aliphatic hydroxyl groups is 2. The zero-order valence-corrected chi connectivity index (χ0v) is 12.7. The Morgan fingerprint density at radius 2 is 1.09 bits per heavy atom. The van der Waals surface area contributed by atoms with Crippen LogP contribution in [0.25, 0.3) is 0 Å². The van der Waals surface area contributed by atoms with E-state index in [0.717, 1.165) is 22.5 Å². The van der Waals surface area contributed by atoms with Gasteiger partial charge >= 0.3 is 6.03 Å². The van der Waals surface area contributed by atoms with Gasteiger partial charge in [0.15, 0.2) is 0 Å². The number of hydrogen-bond acceptors (Lipinski definition) is 3. The number of carbonyl (C=O) groups excluding carboxylic acids is 1. The third kappa shape index (κ3) is 3.44. The zero-order valence-electron chi connectivity index (χ0n) is 12.7. The summed E-state index contributed by atoms with van der Waals surface area (Å²) < 4.78 is 0. The molecule has 0 saturated carbocycles. The van der Waals surface area contributed by atoms with Gasteiger partial charge in [-0.25, -0.2) is 4.79 Å². The van der Waals surface area contributed by atoms with E-state index in [1.165, 1.54) is 0 Å². The van der Waals surface area contributed by atoms with Crippen LogP contribution in [0.2, 0.25) is 0 Å². The highest BCUT2D eigenvalue weighted by Crippen LogP contribution is 2.19. The molecule has 0 saturated heterocycles. The molecule has 2 amide bonds. The Bertz CT molecular complexity index is 568. The molecule has 0 aliphatic heterocycles. The minimum Gasteiger partial charge on any atom is -0.392 e. The van der Waals surface area contributed by atoms with Crippen molar-refractivity contribution in [3.8, 4) is 0 Å². The molecule has 5 heteroatoms. The number of anilines is 2. The summed E-state index contributed by atoms with van der Waals surface area (Å²) in [6.07, 6.45) is 0. The highest BCUT2D eigenvalue weighted by Gasteiger charge is 2.17. The average Bonchev–Trinajstić information content (AvgIpc) is 2.60. The Hall–Kier alpha value is -2.37. The minimum absolute atomic E-state index is 0.0188. The van der Waals surface area contributed by atoms with Gasteiger partial charge in [0.05, 0.1) is 13.2 Å². The number of amides is 2. The number of benzene rings is 2. The van der Waals surface area contributed by atoms with Crippen LogP contribution in [0.5, 0.6) is 0 Å². The number of hydrogen-bond donors (Lipinski definition) is 2. The Balaban J connectivity index is 2.13. The summed E-state index contributed by atoms with van der Waals surface area (Å²) in [6, 6.07) is 14.2. The smallest absolute Gasteiger partial charge is 0.328 e. The van der Waals surface area contributed by atoms with Gasteiger partial charge in [-0.2, -0.15) is 0 Å². The van der Waals surface area contributed by atoms with Gasteiger partial charge in [-0.3, -0.25) is 9.80 Å². The summed E-state index contributed by atoms with van der Waals surface area (Å²) in [5.41, 5.74) is 3.11. The highest BCUT2D eigenvalue weighted by atomic mass is 16.3. The van der Waals surface area contributed by atoms with E-state index in [1.807, 2.05) is 0 Å². The van der Waals surface area contributed by atoms with E-state index in [9.17, 15) is 4.79 Å². The van der Waals surface area contributed by atoms with Gasteiger partial charge in [-0.15, -0.1) is 0 Å². The predicted octanol–water partition coefficient (Wildman–Crippen LogP) is 2.36. The molecule has 2 rings (SSSR count). The van der Waals surface area contributed by atoms with Crippen LogP contribution in [0.1, 0.15) is 11.1 Å². The van der Waals surface area contributed by atoms with E-state index in [4.69, 9.17) is 10.2 Å². The van der Waals surface area contributed by atoms with Crippen molar-refractivity contribution in [3.63, 3.8) is 0 Å². The molecule has 0 bridgehead atoms. The van der Waals surface area contributed by atoms with E-state index in [2.05, 4.69) is 0 Å². The molecule has 0 atom stereocenters. The Labute approximate surface area is 130 Å². The number of urea groups is 1. The molecule has 2 aromatic rings. The second kappa shape index (κ2) is 7.06. The average molecular weight is 300 g/mol. The van der Waals surface area contributed by atoms with E-state index >= 15 is 0 Å². The van der Waals surface area contributed by atoms with Crippen molar-refractivity contribution in [1.29, 1.82) is 0 Å². The summed E-state index contributed by atoms with van der Waals surface area (Å²) in [6.45, 7) is -0.0376. The Kier molecular flexibility index (Phi) is 5.14. The van der Waals surface area contributed by atoms with Crippen molar-refractivity contribution in [2.45, 2.75) is 13.2 Å². The van der Waals surface area contributed by atoms with Gasteiger partial charge in [-0.1, -0.05) is 24.3 Å². The number of nitrogens with zero attached hydrogens (tertiary/aromatic N) is 2. The minimum atomic E-state index is -0.173. The maximum atomic E-state index is 12.5. The van der Waals surface area contributed by atoms with Crippen LogP contribution >= 0.6 is 0 Å². The standard InChI is InChI=1S/C17H20N2O3/c1-18(15-7-3-13(11-20)4-8-15)17(22)19(2)16-9-5-14(12-21)6-10-16/h3-10,20-21H,11-12H2,1-2H3. The van der Waals surface area contributed by atoms with E-state index < -0.39 is 0 Å². The monoisotopic (exact) mass is 300 g/mol. The first kappa shape index (κ1) is 16.0. The molecule has 0 aliphatic rings. The summed E-state index contributed by atoms with van der Waals surface area (Å²) in [7, 11) is 3.41. The van der Waals surface area contributed by atoms with Crippen LogP contribution in [-0.2, 0) is 13.2 Å². The van der Waals surface area contributed by atoms with Crippen LogP contribution in [0, 0.1) is 0 Å². The topological polar surface area (TPSA) is 64.0 Å². The first-order chi connectivity index (χ1) is 10.6. The van der Waals surface area contributed by atoms with Crippen LogP contribution in [0.4, 0.5) is 16.2 Å². The van der Waals surface area contributed by atoms with Gasteiger partial charge < -0.3 is 10.2 Å². The fraction of sp³-hybridized carbons (Fsp3) is 0.235. The first-order valence-corrected chi connectivity index (χ1v) is 6.98. The van der Waals surface area contributed by atoms with Gasteiger partial charge in [0.2, 0.25) is 0 Å². The molecule has 0 unspecified atom stereocenters. The van der Waals surface area contributed by atoms with Crippen molar-refractivity contribution in [1.82, 2.24) is 0 Å². The van der Waals surface area contributed by atoms with Crippen LogP contribution in [-0.4, -0.2) is 30.3 Å². The van der Waals surface area contributed by atoms with Gasteiger partial charge in [-0.05, 0) is 35.4 Å². The van der Waals surface area contributed by atoms with Crippen molar-refractivity contribution >= 4 is 17.4 Å².